The molecule has 0 fully saturated rings. The summed E-state index contributed by atoms with van der Waals surface area (Å²) in [6, 6.07) is 35.3. The second-order valence-corrected chi connectivity index (χ2v) is 10.4. The van der Waals surface area contributed by atoms with Crippen LogP contribution in [0.25, 0.3) is 5.69 Å². The van der Waals surface area contributed by atoms with Crippen molar-refractivity contribution in [3.63, 3.8) is 0 Å². The standard InChI is InChI=1S/C30H26N4O2S2/c1-22-12-18-27(19-13-22)37-20-28-32-33-30(34(28)24-8-4-2-5-9-24)38-21-29(35)31-23-14-16-26(17-15-23)36-25-10-6-3-7-11-25/h2-19H,20-21H2,1H3,(H,31,35). The van der Waals surface area contributed by atoms with Crippen molar-refractivity contribution in [2.24, 2.45) is 0 Å². The minimum Gasteiger partial charge on any atom is -0.457 e. The number of carbonyl (C=O) groups is 1. The maximum absolute atomic E-state index is 12.7. The number of hydrogen-bond acceptors (Lipinski definition) is 6. The van der Waals surface area contributed by atoms with Gasteiger partial charge in [0.1, 0.15) is 17.3 Å². The molecule has 0 unspecified atom stereocenters. The number of rotatable bonds is 10. The first-order valence-corrected chi connectivity index (χ1v) is 14.1. The van der Waals surface area contributed by atoms with Crippen molar-refractivity contribution in [3.8, 4) is 17.2 Å². The van der Waals surface area contributed by atoms with Crippen LogP contribution in [0.3, 0.4) is 0 Å². The molecule has 0 bridgehead atoms. The average molecular weight is 539 g/mol. The Morgan fingerprint density at radius 2 is 1.45 bits per heavy atom. The Bertz CT molecular complexity index is 1470. The molecule has 5 rings (SSSR count). The zero-order valence-electron chi connectivity index (χ0n) is 20.8. The molecule has 0 aliphatic carbocycles. The average Bonchev–Trinajstić information content (AvgIpc) is 3.36. The molecule has 38 heavy (non-hydrogen) atoms. The van der Waals surface area contributed by atoms with Crippen LogP contribution in [-0.2, 0) is 10.5 Å². The van der Waals surface area contributed by atoms with Gasteiger partial charge in [-0.15, -0.1) is 22.0 Å². The molecule has 1 heterocycles. The summed E-state index contributed by atoms with van der Waals surface area (Å²) in [6.07, 6.45) is 0. The van der Waals surface area contributed by atoms with Gasteiger partial charge in [-0.25, -0.2) is 0 Å². The molecule has 0 aliphatic rings. The number of ether oxygens (including phenoxy) is 1. The zero-order chi connectivity index (χ0) is 26.2. The summed E-state index contributed by atoms with van der Waals surface area (Å²) in [5, 5.41) is 12.5. The lowest BCUT2D eigenvalue weighted by molar-refractivity contribution is -0.113. The van der Waals surface area contributed by atoms with Gasteiger partial charge in [0.25, 0.3) is 0 Å². The molecule has 190 valence electrons. The number of nitrogens with one attached hydrogen (secondary N) is 1. The number of aryl methyl sites for hydroxylation is 1. The lowest BCUT2D eigenvalue weighted by Crippen LogP contribution is -2.14. The molecular formula is C30H26N4O2S2. The van der Waals surface area contributed by atoms with E-state index in [1.807, 2.05) is 89.5 Å². The number of aromatic nitrogens is 3. The fraction of sp³-hybridized carbons (Fsp3) is 0.100. The molecule has 0 radical (unpaired) electrons. The van der Waals surface area contributed by atoms with E-state index in [-0.39, 0.29) is 11.7 Å². The molecule has 0 saturated heterocycles. The highest BCUT2D eigenvalue weighted by Gasteiger charge is 2.16. The summed E-state index contributed by atoms with van der Waals surface area (Å²) in [4.78, 5) is 13.9. The van der Waals surface area contributed by atoms with E-state index in [4.69, 9.17) is 4.74 Å². The Balaban J connectivity index is 1.22. The predicted octanol–water partition coefficient (Wildman–Crippen LogP) is 7.39. The summed E-state index contributed by atoms with van der Waals surface area (Å²) in [6.45, 7) is 2.08. The lowest BCUT2D eigenvalue weighted by Gasteiger charge is -2.11. The molecule has 5 aromatic rings. The quantitative estimate of drug-likeness (QED) is 0.187. The Labute approximate surface area is 230 Å². The molecule has 8 heteroatoms. The van der Waals surface area contributed by atoms with Crippen molar-refractivity contribution < 1.29 is 9.53 Å². The minimum absolute atomic E-state index is 0.120. The maximum atomic E-state index is 12.7. The third-order valence-corrected chi connectivity index (χ3v) is 7.49. The maximum Gasteiger partial charge on any atom is 0.234 e. The van der Waals surface area contributed by atoms with Crippen LogP contribution in [0.15, 0.2) is 119 Å². The van der Waals surface area contributed by atoms with Crippen molar-refractivity contribution >= 4 is 35.1 Å². The zero-order valence-corrected chi connectivity index (χ0v) is 22.4. The SMILES string of the molecule is Cc1ccc(SCc2nnc(SCC(=O)Nc3ccc(Oc4ccccc4)cc3)n2-c2ccccc2)cc1. The Morgan fingerprint density at radius 3 is 2.16 bits per heavy atom. The molecule has 0 atom stereocenters. The molecule has 0 aliphatic heterocycles. The Morgan fingerprint density at radius 1 is 0.789 bits per heavy atom. The number of thioether (sulfide) groups is 2. The monoisotopic (exact) mass is 538 g/mol. The van der Waals surface area contributed by atoms with Crippen LogP contribution in [-0.4, -0.2) is 26.4 Å². The van der Waals surface area contributed by atoms with E-state index >= 15 is 0 Å². The van der Waals surface area contributed by atoms with Gasteiger partial charge in [-0.1, -0.05) is 65.9 Å². The molecule has 1 aromatic heterocycles. The van der Waals surface area contributed by atoms with Gasteiger partial charge in [0.2, 0.25) is 5.91 Å². The van der Waals surface area contributed by atoms with Crippen LogP contribution >= 0.6 is 23.5 Å². The molecule has 0 spiro atoms. The van der Waals surface area contributed by atoms with Gasteiger partial charge in [-0.2, -0.15) is 0 Å². The number of carbonyl (C=O) groups excluding carboxylic acids is 1. The second kappa shape index (κ2) is 12.5. The van der Waals surface area contributed by atoms with Crippen molar-refractivity contribution in [3.05, 3.63) is 121 Å². The Kier molecular flexibility index (Phi) is 8.42. The second-order valence-electron chi connectivity index (χ2n) is 8.45. The molecular weight excluding hydrogens is 512 g/mol. The molecule has 0 saturated carbocycles. The highest BCUT2D eigenvalue weighted by Crippen LogP contribution is 2.28. The lowest BCUT2D eigenvalue weighted by atomic mass is 10.2. The highest BCUT2D eigenvalue weighted by atomic mass is 32.2. The largest absolute Gasteiger partial charge is 0.457 e. The van der Waals surface area contributed by atoms with Crippen molar-refractivity contribution in [1.82, 2.24) is 14.8 Å². The molecule has 1 N–H and O–H groups in total. The van der Waals surface area contributed by atoms with Crippen LogP contribution in [0.1, 0.15) is 11.4 Å². The van der Waals surface area contributed by atoms with Crippen molar-refractivity contribution in [2.75, 3.05) is 11.1 Å². The summed E-state index contributed by atoms with van der Waals surface area (Å²) in [5.41, 5.74) is 2.90. The number of hydrogen-bond donors (Lipinski definition) is 1. The number of benzene rings is 4. The van der Waals surface area contributed by atoms with Gasteiger partial charge < -0.3 is 10.1 Å². The van der Waals surface area contributed by atoms with E-state index in [1.54, 1.807) is 11.8 Å². The number of amides is 1. The minimum atomic E-state index is -0.120. The van der Waals surface area contributed by atoms with E-state index < -0.39 is 0 Å². The third kappa shape index (κ3) is 6.85. The van der Waals surface area contributed by atoms with Crippen LogP contribution < -0.4 is 10.1 Å². The van der Waals surface area contributed by atoms with Gasteiger partial charge in [0.15, 0.2) is 5.16 Å². The first-order chi connectivity index (χ1) is 18.6. The van der Waals surface area contributed by atoms with Gasteiger partial charge >= 0.3 is 0 Å². The van der Waals surface area contributed by atoms with E-state index in [0.717, 1.165) is 17.3 Å². The number of nitrogens with zero attached hydrogens (tertiary/aromatic N) is 3. The van der Waals surface area contributed by atoms with Crippen molar-refractivity contribution in [1.29, 1.82) is 0 Å². The van der Waals surface area contributed by atoms with E-state index in [0.29, 0.717) is 22.3 Å². The summed E-state index contributed by atoms with van der Waals surface area (Å²) in [5.74, 6) is 3.05. The topological polar surface area (TPSA) is 69.0 Å². The van der Waals surface area contributed by atoms with Crippen LogP contribution in [0.2, 0.25) is 0 Å². The van der Waals surface area contributed by atoms with Gasteiger partial charge in [0, 0.05) is 16.3 Å². The van der Waals surface area contributed by atoms with Gasteiger partial charge in [-0.3, -0.25) is 9.36 Å². The summed E-state index contributed by atoms with van der Waals surface area (Å²) in [7, 11) is 0. The first kappa shape index (κ1) is 25.6. The number of anilines is 1. The third-order valence-electron chi connectivity index (χ3n) is 5.55. The smallest absolute Gasteiger partial charge is 0.234 e. The van der Waals surface area contributed by atoms with Crippen molar-refractivity contribution in [2.45, 2.75) is 22.7 Å². The fourth-order valence-electron chi connectivity index (χ4n) is 3.66. The summed E-state index contributed by atoms with van der Waals surface area (Å²) < 4.78 is 7.84. The fourth-order valence-corrected chi connectivity index (χ4v) is 5.25. The van der Waals surface area contributed by atoms with E-state index in [1.165, 1.54) is 22.2 Å². The first-order valence-electron chi connectivity index (χ1n) is 12.1. The van der Waals surface area contributed by atoms with Gasteiger partial charge in [0.05, 0.1) is 11.5 Å². The number of para-hydroxylation sites is 2. The Hall–Kier alpha value is -4.01. The predicted molar refractivity (Wildman–Crippen MR) is 154 cm³/mol. The van der Waals surface area contributed by atoms with E-state index in [9.17, 15) is 4.79 Å². The van der Waals surface area contributed by atoms with Gasteiger partial charge in [-0.05, 0) is 67.6 Å². The normalized spacial score (nSPS) is 10.8. The van der Waals surface area contributed by atoms with Crippen LogP contribution in [0.5, 0.6) is 11.5 Å². The molecule has 6 nitrogen and oxygen atoms in total. The van der Waals surface area contributed by atoms with Crippen LogP contribution in [0, 0.1) is 6.92 Å². The van der Waals surface area contributed by atoms with E-state index in [2.05, 4.69) is 46.7 Å². The van der Waals surface area contributed by atoms with Crippen LogP contribution in [0.4, 0.5) is 5.69 Å². The molecule has 4 aromatic carbocycles. The highest BCUT2D eigenvalue weighted by molar-refractivity contribution is 7.99. The molecule has 1 amide bonds. The summed E-state index contributed by atoms with van der Waals surface area (Å²) >= 11 is 3.07.